The molecule has 2 rings (SSSR count). The molecule has 7 nitrogen and oxygen atoms in total. The van der Waals surface area contributed by atoms with E-state index in [1.165, 1.54) is 11.3 Å². The topological polar surface area (TPSA) is 101 Å². The van der Waals surface area contributed by atoms with Crippen LogP contribution >= 0.6 is 11.3 Å². The summed E-state index contributed by atoms with van der Waals surface area (Å²) in [4.78, 5) is 26.9. The second-order valence-corrected chi connectivity index (χ2v) is 5.24. The van der Waals surface area contributed by atoms with Gasteiger partial charge in [-0.3, -0.25) is 10.1 Å². The monoisotopic (exact) mass is 285 g/mol. The van der Waals surface area contributed by atoms with Crippen molar-refractivity contribution < 1.29 is 19.4 Å². The molecule has 1 fully saturated rings. The summed E-state index contributed by atoms with van der Waals surface area (Å²) in [7, 11) is 0. The Labute approximate surface area is 114 Å². The maximum absolute atomic E-state index is 11.6. The highest BCUT2D eigenvalue weighted by Crippen LogP contribution is 2.30. The third-order valence-corrected chi connectivity index (χ3v) is 3.83. The number of hydrogen-bond donors (Lipinski definition) is 3. The van der Waals surface area contributed by atoms with Crippen molar-refractivity contribution in [3.63, 3.8) is 0 Å². The second-order valence-electron chi connectivity index (χ2n) is 4.34. The van der Waals surface area contributed by atoms with E-state index in [4.69, 9.17) is 4.74 Å². The van der Waals surface area contributed by atoms with Crippen molar-refractivity contribution in [3.05, 3.63) is 11.6 Å². The number of nitrogens with one attached hydrogen (secondary N) is 2. The first-order valence-electron chi connectivity index (χ1n) is 5.88. The number of nitrogens with zero attached hydrogens (tertiary/aromatic N) is 1. The van der Waals surface area contributed by atoms with Crippen LogP contribution in [0.5, 0.6) is 0 Å². The smallest absolute Gasteiger partial charge is 0.321 e. The number of thiazole rings is 1. The standard InChI is InChI=1S/C11H15N3O4S/c15-8(16)11(1-4-18-5-2-11)7-13-9(17)14-10-12-3-6-19-10/h3,6H,1-2,4-5,7H2,(H,15,16)(H2,12,13,14,17). The van der Waals surface area contributed by atoms with Crippen molar-refractivity contribution in [3.8, 4) is 0 Å². The van der Waals surface area contributed by atoms with Gasteiger partial charge in [-0.15, -0.1) is 11.3 Å². The molecule has 0 unspecified atom stereocenters. The van der Waals surface area contributed by atoms with E-state index >= 15 is 0 Å². The highest BCUT2D eigenvalue weighted by Gasteiger charge is 2.40. The molecule has 1 saturated heterocycles. The molecule has 1 aromatic rings. The summed E-state index contributed by atoms with van der Waals surface area (Å²) in [6, 6.07) is -0.443. The minimum Gasteiger partial charge on any atom is -0.481 e. The van der Waals surface area contributed by atoms with Gasteiger partial charge in [0.2, 0.25) is 0 Å². The fourth-order valence-electron chi connectivity index (χ4n) is 1.90. The largest absolute Gasteiger partial charge is 0.481 e. The van der Waals surface area contributed by atoms with Gasteiger partial charge in [-0.05, 0) is 12.8 Å². The van der Waals surface area contributed by atoms with Crippen LogP contribution < -0.4 is 10.6 Å². The maximum Gasteiger partial charge on any atom is 0.321 e. The number of aliphatic carboxylic acids is 1. The second kappa shape index (κ2) is 5.98. The highest BCUT2D eigenvalue weighted by molar-refractivity contribution is 7.13. The van der Waals surface area contributed by atoms with Gasteiger partial charge >= 0.3 is 12.0 Å². The van der Waals surface area contributed by atoms with Crippen LogP contribution in [-0.2, 0) is 9.53 Å². The minimum atomic E-state index is -0.932. The number of amides is 2. The Morgan fingerprint density at radius 1 is 1.47 bits per heavy atom. The molecule has 8 heteroatoms. The molecule has 0 bridgehead atoms. The van der Waals surface area contributed by atoms with Gasteiger partial charge in [0.1, 0.15) is 0 Å². The molecule has 2 amide bonds. The van der Waals surface area contributed by atoms with E-state index in [-0.39, 0.29) is 6.54 Å². The lowest BCUT2D eigenvalue weighted by Gasteiger charge is -2.33. The predicted octanol–water partition coefficient (Wildman–Crippen LogP) is 1.15. The molecule has 0 aromatic carbocycles. The van der Waals surface area contributed by atoms with Crippen molar-refractivity contribution in [2.45, 2.75) is 12.8 Å². The third kappa shape index (κ3) is 3.42. The van der Waals surface area contributed by atoms with Crippen LogP contribution in [0.15, 0.2) is 11.6 Å². The summed E-state index contributed by atoms with van der Waals surface area (Å²) >= 11 is 1.30. The van der Waals surface area contributed by atoms with Crippen LogP contribution in [0.2, 0.25) is 0 Å². The van der Waals surface area contributed by atoms with E-state index in [0.717, 1.165) is 0 Å². The normalized spacial score (nSPS) is 17.7. The van der Waals surface area contributed by atoms with E-state index in [1.807, 2.05) is 0 Å². The van der Waals surface area contributed by atoms with Crippen LogP contribution in [0.3, 0.4) is 0 Å². The number of carbonyl (C=O) groups excluding carboxylic acids is 1. The van der Waals surface area contributed by atoms with Gasteiger partial charge in [-0.25, -0.2) is 9.78 Å². The molecule has 104 valence electrons. The molecule has 0 spiro atoms. The summed E-state index contributed by atoms with van der Waals surface area (Å²) in [5.74, 6) is -0.898. The Balaban J connectivity index is 1.88. The first-order valence-corrected chi connectivity index (χ1v) is 6.76. The van der Waals surface area contributed by atoms with Crippen molar-refractivity contribution in [2.75, 3.05) is 25.1 Å². The SMILES string of the molecule is O=C(NCC1(C(=O)O)CCOCC1)Nc1nccs1. The number of ether oxygens (including phenoxy) is 1. The average Bonchev–Trinajstić information content (AvgIpc) is 2.90. The number of anilines is 1. The Hall–Kier alpha value is -1.67. The van der Waals surface area contributed by atoms with Gasteiger partial charge in [0.25, 0.3) is 0 Å². The van der Waals surface area contributed by atoms with Crippen molar-refractivity contribution in [1.82, 2.24) is 10.3 Å². The lowest BCUT2D eigenvalue weighted by atomic mass is 9.80. The van der Waals surface area contributed by atoms with Gasteiger partial charge < -0.3 is 15.2 Å². The number of urea groups is 1. The van der Waals surface area contributed by atoms with Crippen molar-refractivity contribution in [1.29, 1.82) is 0 Å². The van der Waals surface area contributed by atoms with E-state index < -0.39 is 17.4 Å². The average molecular weight is 285 g/mol. The first-order chi connectivity index (χ1) is 9.12. The Morgan fingerprint density at radius 2 is 2.21 bits per heavy atom. The Morgan fingerprint density at radius 3 is 2.79 bits per heavy atom. The zero-order valence-corrected chi connectivity index (χ0v) is 11.0. The summed E-state index contributed by atoms with van der Waals surface area (Å²) in [6.07, 6.45) is 2.39. The summed E-state index contributed by atoms with van der Waals surface area (Å²) in [5.41, 5.74) is -0.932. The molecule has 0 atom stereocenters. The van der Waals surface area contributed by atoms with Gasteiger partial charge in [0.15, 0.2) is 5.13 Å². The Bertz CT molecular complexity index is 443. The number of aromatic nitrogens is 1. The summed E-state index contributed by atoms with van der Waals surface area (Å²) in [5, 5.41) is 16.7. The molecule has 1 aliphatic rings. The highest BCUT2D eigenvalue weighted by atomic mass is 32.1. The third-order valence-electron chi connectivity index (χ3n) is 3.14. The molecule has 3 N–H and O–H groups in total. The summed E-state index contributed by atoms with van der Waals surface area (Å²) in [6.45, 7) is 0.896. The number of carbonyl (C=O) groups is 2. The van der Waals surface area contributed by atoms with E-state index in [1.54, 1.807) is 11.6 Å². The van der Waals surface area contributed by atoms with Gasteiger partial charge in [-0.2, -0.15) is 0 Å². The van der Waals surface area contributed by atoms with Crippen LogP contribution in [0.25, 0.3) is 0 Å². The Kier molecular flexibility index (Phi) is 4.33. The van der Waals surface area contributed by atoms with Gasteiger partial charge in [0, 0.05) is 31.3 Å². The molecule has 0 aliphatic carbocycles. The van der Waals surface area contributed by atoms with Crippen LogP contribution in [0.4, 0.5) is 9.93 Å². The van der Waals surface area contributed by atoms with Crippen LogP contribution in [0.1, 0.15) is 12.8 Å². The molecular weight excluding hydrogens is 270 g/mol. The van der Waals surface area contributed by atoms with E-state index in [0.29, 0.717) is 31.2 Å². The van der Waals surface area contributed by atoms with E-state index in [9.17, 15) is 14.7 Å². The van der Waals surface area contributed by atoms with Crippen molar-refractivity contribution in [2.24, 2.45) is 5.41 Å². The molecule has 2 heterocycles. The number of carboxylic acid groups (broad SMARTS) is 1. The molecule has 0 radical (unpaired) electrons. The zero-order valence-electron chi connectivity index (χ0n) is 10.2. The molecule has 0 saturated carbocycles. The molecule has 19 heavy (non-hydrogen) atoms. The van der Waals surface area contributed by atoms with Crippen LogP contribution in [0, 0.1) is 5.41 Å². The van der Waals surface area contributed by atoms with Gasteiger partial charge in [0.05, 0.1) is 5.41 Å². The molecule has 1 aromatic heterocycles. The predicted molar refractivity (Wildman–Crippen MR) is 69.3 cm³/mol. The van der Waals surface area contributed by atoms with Gasteiger partial charge in [-0.1, -0.05) is 0 Å². The fourth-order valence-corrected chi connectivity index (χ4v) is 2.43. The number of carboxylic acids is 1. The molecule has 1 aliphatic heterocycles. The van der Waals surface area contributed by atoms with Crippen LogP contribution in [-0.4, -0.2) is 41.8 Å². The lowest BCUT2D eigenvalue weighted by molar-refractivity contribution is -0.154. The minimum absolute atomic E-state index is 0.0862. The quantitative estimate of drug-likeness (QED) is 0.770. The fraction of sp³-hybridized carbons (Fsp3) is 0.545. The zero-order chi connectivity index (χ0) is 13.7. The number of rotatable bonds is 4. The van der Waals surface area contributed by atoms with Crippen molar-refractivity contribution >= 4 is 28.5 Å². The molecular formula is C11H15N3O4S. The lowest BCUT2D eigenvalue weighted by Crippen LogP contribution is -2.47. The maximum atomic E-state index is 11.6. The number of hydrogen-bond acceptors (Lipinski definition) is 5. The van der Waals surface area contributed by atoms with E-state index in [2.05, 4.69) is 15.6 Å². The summed E-state index contributed by atoms with van der Waals surface area (Å²) < 4.78 is 5.17. The first kappa shape index (κ1) is 13.8.